The first kappa shape index (κ1) is 30.4. The molecule has 3 nitrogen and oxygen atoms in total. The fourth-order valence-corrected chi connectivity index (χ4v) is 2.08. The quantitative estimate of drug-likeness (QED) is 0.361. The standard InChI is InChI=1S/C12H12F4O2.C7H4F2O.C2H6.CH4/c1-7(2)11(12(14,15)16)18-10-5-3-4-9(13)8(10)6-17;8-6-2-1-3-7(9)5(6)4-10;1-2;/h3-7,11H,1-2H3;1-4H;1-2H3;1H4. The van der Waals surface area contributed by atoms with Crippen LogP contribution in [0.25, 0.3) is 0 Å². The first-order valence-corrected chi connectivity index (χ1v) is 8.89. The third-order valence-corrected chi connectivity index (χ3v) is 3.43. The van der Waals surface area contributed by atoms with Gasteiger partial charge in [0.25, 0.3) is 0 Å². The van der Waals surface area contributed by atoms with Crippen LogP contribution in [0.3, 0.4) is 0 Å². The smallest absolute Gasteiger partial charge is 0.425 e. The number of carbonyl (C=O) groups excluding carboxylic acids is 2. The minimum absolute atomic E-state index is 0. The van der Waals surface area contributed by atoms with Crippen LogP contribution in [-0.4, -0.2) is 24.9 Å². The molecule has 0 aliphatic carbocycles. The maximum absolute atomic E-state index is 13.2. The van der Waals surface area contributed by atoms with Crippen molar-refractivity contribution in [1.82, 2.24) is 0 Å². The van der Waals surface area contributed by atoms with Crippen molar-refractivity contribution in [2.75, 3.05) is 0 Å². The highest BCUT2D eigenvalue weighted by Gasteiger charge is 2.44. The lowest BCUT2D eigenvalue weighted by Gasteiger charge is -2.25. The van der Waals surface area contributed by atoms with Gasteiger partial charge in [0.1, 0.15) is 23.2 Å². The van der Waals surface area contributed by atoms with E-state index in [9.17, 15) is 35.9 Å². The molecule has 2 rings (SSSR count). The van der Waals surface area contributed by atoms with E-state index in [-0.39, 0.29) is 20.0 Å². The van der Waals surface area contributed by atoms with E-state index in [1.165, 1.54) is 26.0 Å². The van der Waals surface area contributed by atoms with Gasteiger partial charge in [-0.05, 0) is 30.2 Å². The van der Waals surface area contributed by atoms with Crippen LogP contribution in [0.4, 0.5) is 26.3 Å². The van der Waals surface area contributed by atoms with Gasteiger partial charge >= 0.3 is 6.18 Å². The molecule has 174 valence electrons. The summed E-state index contributed by atoms with van der Waals surface area (Å²) in [6.45, 7) is 6.66. The van der Waals surface area contributed by atoms with E-state index in [2.05, 4.69) is 0 Å². The van der Waals surface area contributed by atoms with Crippen LogP contribution >= 0.6 is 0 Å². The topological polar surface area (TPSA) is 43.4 Å². The molecule has 0 N–H and O–H groups in total. The number of carbonyl (C=O) groups is 2. The van der Waals surface area contributed by atoms with Crippen molar-refractivity contribution in [2.24, 2.45) is 5.92 Å². The zero-order valence-corrected chi connectivity index (χ0v) is 16.8. The highest BCUT2D eigenvalue weighted by atomic mass is 19.4. The van der Waals surface area contributed by atoms with Crippen molar-refractivity contribution in [1.29, 1.82) is 0 Å². The van der Waals surface area contributed by atoms with Gasteiger partial charge in [-0.1, -0.05) is 47.3 Å². The summed E-state index contributed by atoms with van der Waals surface area (Å²) in [5.74, 6) is -3.81. The van der Waals surface area contributed by atoms with E-state index in [1.807, 2.05) is 13.8 Å². The molecule has 31 heavy (non-hydrogen) atoms. The average Bonchev–Trinajstić information content (AvgIpc) is 2.67. The monoisotopic (exact) mass is 452 g/mol. The Morgan fingerprint density at radius 3 is 1.52 bits per heavy atom. The van der Waals surface area contributed by atoms with E-state index >= 15 is 0 Å². The van der Waals surface area contributed by atoms with Gasteiger partial charge in [0, 0.05) is 0 Å². The minimum atomic E-state index is -4.58. The third kappa shape index (κ3) is 9.23. The van der Waals surface area contributed by atoms with Gasteiger partial charge < -0.3 is 4.74 Å². The largest absolute Gasteiger partial charge is 0.480 e. The Morgan fingerprint density at radius 1 is 0.806 bits per heavy atom. The van der Waals surface area contributed by atoms with E-state index in [1.54, 1.807) is 0 Å². The van der Waals surface area contributed by atoms with Crippen molar-refractivity contribution in [3.8, 4) is 5.75 Å². The minimum Gasteiger partial charge on any atom is -0.480 e. The van der Waals surface area contributed by atoms with Gasteiger partial charge in [0.2, 0.25) is 0 Å². The molecule has 1 atom stereocenters. The summed E-state index contributed by atoms with van der Waals surface area (Å²) in [5, 5.41) is 0. The summed E-state index contributed by atoms with van der Waals surface area (Å²) >= 11 is 0. The van der Waals surface area contributed by atoms with Crippen molar-refractivity contribution in [2.45, 2.75) is 47.4 Å². The maximum Gasteiger partial charge on any atom is 0.425 e. The highest BCUT2D eigenvalue weighted by molar-refractivity contribution is 5.79. The molecule has 0 aromatic heterocycles. The summed E-state index contributed by atoms with van der Waals surface area (Å²) < 4.78 is 80.8. The van der Waals surface area contributed by atoms with Crippen LogP contribution in [0.2, 0.25) is 0 Å². The van der Waals surface area contributed by atoms with E-state index < -0.39 is 52.5 Å². The van der Waals surface area contributed by atoms with Crippen molar-refractivity contribution >= 4 is 12.6 Å². The number of alkyl halides is 3. The molecule has 0 spiro atoms. The molecule has 0 amide bonds. The summed E-state index contributed by atoms with van der Waals surface area (Å²) in [6.07, 6.45) is -6.37. The fraction of sp³-hybridized carbons (Fsp3) is 0.364. The Kier molecular flexibility index (Phi) is 13.9. The molecule has 0 saturated heterocycles. The summed E-state index contributed by atoms with van der Waals surface area (Å²) in [5.41, 5.74) is -1.02. The van der Waals surface area contributed by atoms with Gasteiger partial charge in [0.05, 0.1) is 11.1 Å². The molecule has 0 aliphatic rings. The van der Waals surface area contributed by atoms with Crippen molar-refractivity contribution in [3.63, 3.8) is 0 Å². The lowest BCUT2D eigenvalue weighted by Crippen LogP contribution is -2.39. The predicted molar refractivity (Wildman–Crippen MR) is 107 cm³/mol. The molecule has 0 radical (unpaired) electrons. The number of hydrogen-bond acceptors (Lipinski definition) is 3. The van der Waals surface area contributed by atoms with Gasteiger partial charge in [0.15, 0.2) is 18.7 Å². The van der Waals surface area contributed by atoms with Crippen LogP contribution in [0.5, 0.6) is 5.75 Å². The van der Waals surface area contributed by atoms with Gasteiger partial charge in [-0.3, -0.25) is 9.59 Å². The van der Waals surface area contributed by atoms with E-state index in [4.69, 9.17) is 4.74 Å². The van der Waals surface area contributed by atoms with Crippen LogP contribution < -0.4 is 4.74 Å². The molecular weight excluding hydrogens is 426 g/mol. The van der Waals surface area contributed by atoms with Crippen LogP contribution in [0, 0.1) is 23.4 Å². The molecule has 0 fully saturated rings. The van der Waals surface area contributed by atoms with Crippen LogP contribution in [0.1, 0.15) is 55.8 Å². The first-order valence-electron chi connectivity index (χ1n) is 8.89. The molecule has 2 aromatic rings. The number of rotatable bonds is 5. The summed E-state index contributed by atoms with van der Waals surface area (Å²) in [4.78, 5) is 20.6. The zero-order valence-electron chi connectivity index (χ0n) is 16.8. The molecule has 0 saturated carbocycles. The summed E-state index contributed by atoms with van der Waals surface area (Å²) in [7, 11) is 0. The fourth-order valence-electron chi connectivity index (χ4n) is 2.08. The Balaban J connectivity index is 0. The maximum atomic E-state index is 13.2. The van der Waals surface area contributed by atoms with Crippen molar-refractivity contribution in [3.05, 3.63) is 65.0 Å². The summed E-state index contributed by atoms with van der Waals surface area (Å²) in [6, 6.07) is 6.57. The highest BCUT2D eigenvalue weighted by Crippen LogP contribution is 2.31. The average molecular weight is 452 g/mol. The molecule has 0 heterocycles. The van der Waals surface area contributed by atoms with Gasteiger partial charge in [-0.25, -0.2) is 13.2 Å². The second kappa shape index (κ2) is 14.2. The second-order valence-electron chi connectivity index (χ2n) is 5.85. The Hall–Kier alpha value is -2.84. The van der Waals surface area contributed by atoms with Gasteiger partial charge in [-0.2, -0.15) is 13.2 Å². The molecule has 0 bridgehead atoms. The van der Waals surface area contributed by atoms with E-state index in [0.717, 1.165) is 24.3 Å². The number of aldehydes is 2. The molecule has 2 aromatic carbocycles. The van der Waals surface area contributed by atoms with E-state index in [0.29, 0.717) is 0 Å². The second-order valence-corrected chi connectivity index (χ2v) is 5.85. The zero-order chi connectivity index (χ0) is 23.5. The lowest BCUT2D eigenvalue weighted by atomic mass is 10.1. The number of ether oxygens (including phenoxy) is 1. The van der Waals surface area contributed by atoms with Gasteiger partial charge in [-0.15, -0.1) is 0 Å². The molecule has 9 heteroatoms. The SMILES string of the molecule is C.CC.CC(C)C(Oc1cccc(F)c1C=O)C(F)(F)F.O=Cc1c(F)cccc1F. The Labute approximate surface area is 178 Å². The predicted octanol–water partition coefficient (Wildman–Crippen LogP) is 7.04. The lowest BCUT2D eigenvalue weighted by molar-refractivity contribution is -0.206. The normalized spacial score (nSPS) is 11.1. The number of halogens is 6. The van der Waals surface area contributed by atoms with Crippen LogP contribution in [0.15, 0.2) is 36.4 Å². The molecular formula is C22H26F6O3. The molecule has 0 aliphatic heterocycles. The Morgan fingerprint density at radius 2 is 1.19 bits per heavy atom. The first-order chi connectivity index (χ1) is 14.0. The number of benzene rings is 2. The van der Waals surface area contributed by atoms with Crippen LogP contribution in [-0.2, 0) is 0 Å². The Bertz CT molecular complexity index is 799. The van der Waals surface area contributed by atoms with Crippen molar-refractivity contribution < 1.29 is 40.7 Å². The third-order valence-electron chi connectivity index (χ3n) is 3.43. The number of hydrogen-bond donors (Lipinski definition) is 0. The molecule has 1 unspecified atom stereocenters.